The molecule has 0 aromatic heterocycles. The zero-order valence-corrected chi connectivity index (χ0v) is 11.3. The molecular weight excluding hydrogens is 244 g/mol. The number of nitrogens with two attached hydrogens (primary N) is 1. The molecule has 0 spiro atoms. The minimum Gasteiger partial charge on any atom is -0.399 e. The Hall–Kier alpha value is -2.32. The molecule has 0 bridgehead atoms. The van der Waals surface area contributed by atoms with Gasteiger partial charge in [0, 0.05) is 18.8 Å². The van der Waals surface area contributed by atoms with Crippen molar-refractivity contribution in [1.29, 1.82) is 0 Å². The second-order valence-corrected chi connectivity index (χ2v) is 5.03. The first-order valence-corrected chi connectivity index (χ1v) is 6.84. The zero-order valence-electron chi connectivity index (χ0n) is 11.3. The highest BCUT2D eigenvalue weighted by atomic mass is 14.8. The van der Waals surface area contributed by atoms with Crippen molar-refractivity contribution in [3.8, 4) is 0 Å². The Morgan fingerprint density at radius 1 is 0.700 bits per heavy atom. The van der Waals surface area contributed by atoms with Gasteiger partial charge >= 0.3 is 0 Å². The molecule has 0 amide bonds. The van der Waals surface area contributed by atoms with Crippen LogP contribution in [-0.4, -0.2) is 0 Å². The standard InChI is InChI=1S/C18H18N2/c19-18-9-6-14(7-10-18)12-20-13-15-5-8-16-3-1-2-4-17(16)11-15/h1-11,20H,12-13,19H2. The molecule has 2 nitrogen and oxygen atoms in total. The van der Waals surface area contributed by atoms with E-state index in [9.17, 15) is 0 Å². The van der Waals surface area contributed by atoms with Crippen molar-refractivity contribution in [2.75, 3.05) is 5.73 Å². The van der Waals surface area contributed by atoms with Gasteiger partial charge in [-0.25, -0.2) is 0 Å². The lowest BCUT2D eigenvalue weighted by atomic mass is 10.1. The molecular formula is C18H18N2. The zero-order chi connectivity index (χ0) is 13.8. The van der Waals surface area contributed by atoms with Crippen LogP contribution in [0.15, 0.2) is 66.7 Å². The van der Waals surface area contributed by atoms with Crippen molar-refractivity contribution in [3.05, 3.63) is 77.9 Å². The second kappa shape index (κ2) is 5.76. The van der Waals surface area contributed by atoms with Gasteiger partial charge < -0.3 is 11.1 Å². The quantitative estimate of drug-likeness (QED) is 0.703. The normalized spacial score (nSPS) is 10.8. The summed E-state index contributed by atoms with van der Waals surface area (Å²) in [4.78, 5) is 0. The third kappa shape index (κ3) is 2.98. The number of nitrogens with one attached hydrogen (secondary N) is 1. The molecule has 0 fully saturated rings. The molecule has 0 aliphatic rings. The molecule has 0 aliphatic heterocycles. The van der Waals surface area contributed by atoms with Crippen LogP contribution >= 0.6 is 0 Å². The predicted molar refractivity (Wildman–Crippen MR) is 85.3 cm³/mol. The van der Waals surface area contributed by atoms with E-state index in [1.165, 1.54) is 21.9 Å². The van der Waals surface area contributed by atoms with E-state index in [-0.39, 0.29) is 0 Å². The minimum absolute atomic E-state index is 0.809. The number of rotatable bonds is 4. The Balaban J connectivity index is 1.63. The summed E-state index contributed by atoms with van der Waals surface area (Å²) >= 11 is 0. The first-order valence-electron chi connectivity index (χ1n) is 6.84. The van der Waals surface area contributed by atoms with Gasteiger partial charge in [-0.2, -0.15) is 0 Å². The van der Waals surface area contributed by atoms with Gasteiger partial charge in [-0.15, -0.1) is 0 Å². The van der Waals surface area contributed by atoms with E-state index in [1.54, 1.807) is 0 Å². The first kappa shape index (κ1) is 12.7. The molecule has 0 atom stereocenters. The number of hydrogen-bond acceptors (Lipinski definition) is 2. The molecule has 3 rings (SSSR count). The van der Waals surface area contributed by atoms with Gasteiger partial charge in [0.1, 0.15) is 0 Å². The first-order chi connectivity index (χ1) is 9.81. The maximum atomic E-state index is 5.68. The highest BCUT2D eigenvalue weighted by molar-refractivity contribution is 5.82. The summed E-state index contributed by atoms with van der Waals surface area (Å²) in [5.41, 5.74) is 9.04. The fourth-order valence-electron chi connectivity index (χ4n) is 2.34. The summed E-state index contributed by atoms with van der Waals surface area (Å²) in [5, 5.41) is 6.04. The van der Waals surface area contributed by atoms with Crippen molar-refractivity contribution < 1.29 is 0 Å². The van der Waals surface area contributed by atoms with Crippen LogP contribution in [0.4, 0.5) is 5.69 Å². The van der Waals surface area contributed by atoms with Gasteiger partial charge in [-0.1, -0.05) is 48.5 Å². The molecule has 0 aliphatic carbocycles. The number of nitrogen functional groups attached to an aromatic ring is 1. The second-order valence-electron chi connectivity index (χ2n) is 5.03. The monoisotopic (exact) mass is 262 g/mol. The lowest BCUT2D eigenvalue weighted by Crippen LogP contribution is -2.12. The van der Waals surface area contributed by atoms with Crippen LogP contribution in [-0.2, 0) is 13.1 Å². The predicted octanol–water partition coefficient (Wildman–Crippen LogP) is 3.71. The molecule has 3 N–H and O–H groups in total. The maximum absolute atomic E-state index is 5.68. The molecule has 3 aromatic carbocycles. The van der Waals surface area contributed by atoms with Crippen LogP contribution in [0.25, 0.3) is 10.8 Å². The van der Waals surface area contributed by atoms with Gasteiger partial charge in [-0.05, 0) is 40.1 Å². The van der Waals surface area contributed by atoms with Crippen LogP contribution in [0.5, 0.6) is 0 Å². The van der Waals surface area contributed by atoms with Crippen molar-refractivity contribution >= 4 is 16.5 Å². The minimum atomic E-state index is 0.809. The van der Waals surface area contributed by atoms with Gasteiger partial charge in [-0.3, -0.25) is 0 Å². The topological polar surface area (TPSA) is 38.0 Å². The lowest BCUT2D eigenvalue weighted by Gasteiger charge is -2.07. The van der Waals surface area contributed by atoms with E-state index in [4.69, 9.17) is 5.73 Å². The summed E-state index contributed by atoms with van der Waals surface area (Å²) in [6.07, 6.45) is 0. The van der Waals surface area contributed by atoms with Crippen LogP contribution in [0.1, 0.15) is 11.1 Å². The van der Waals surface area contributed by atoms with Gasteiger partial charge in [0.05, 0.1) is 0 Å². The molecule has 100 valence electrons. The summed E-state index contributed by atoms with van der Waals surface area (Å²) < 4.78 is 0. The number of fused-ring (bicyclic) bond motifs is 1. The average Bonchev–Trinajstić information content (AvgIpc) is 2.49. The number of benzene rings is 3. The molecule has 0 saturated heterocycles. The molecule has 2 heteroatoms. The van der Waals surface area contributed by atoms with E-state index in [0.717, 1.165) is 18.8 Å². The van der Waals surface area contributed by atoms with E-state index in [2.05, 4.69) is 59.9 Å². The van der Waals surface area contributed by atoms with Crippen LogP contribution in [0.3, 0.4) is 0 Å². The lowest BCUT2D eigenvalue weighted by molar-refractivity contribution is 0.694. The Morgan fingerprint density at radius 2 is 1.35 bits per heavy atom. The summed E-state index contributed by atoms with van der Waals surface area (Å²) in [5.74, 6) is 0. The molecule has 3 aromatic rings. The molecule has 0 radical (unpaired) electrons. The van der Waals surface area contributed by atoms with Gasteiger partial charge in [0.2, 0.25) is 0 Å². The average molecular weight is 262 g/mol. The van der Waals surface area contributed by atoms with Crippen molar-refractivity contribution in [2.24, 2.45) is 0 Å². The SMILES string of the molecule is Nc1ccc(CNCc2ccc3ccccc3c2)cc1. The fourth-order valence-corrected chi connectivity index (χ4v) is 2.34. The van der Waals surface area contributed by atoms with E-state index in [1.807, 2.05) is 12.1 Å². The van der Waals surface area contributed by atoms with E-state index < -0.39 is 0 Å². The van der Waals surface area contributed by atoms with Gasteiger partial charge in [0.25, 0.3) is 0 Å². The van der Waals surface area contributed by atoms with Gasteiger partial charge in [0.15, 0.2) is 0 Å². The summed E-state index contributed by atoms with van der Waals surface area (Å²) in [6.45, 7) is 1.72. The van der Waals surface area contributed by atoms with Crippen molar-refractivity contribution in [1.82, 2.24) is 5.32 Å². The molecule has 20 heavy (non-hydrogen) atoms. The van der Waals surface area contributed by atoms with Crippen LogP contribution in [0.2, 0.25) is 0 Å². The van der Waals surface area contributed by atoms with Crippen molar-refractivity contribution in [2.45, 2.75) is 13.1 Å². The molecule has 0 saturated carbocycles. The highest BCUT2D eigenvalue weighted by Crippen LogP contribution is 2.15. The number of anilines is 1. The molecule has 0 heterocycles. The largest absolute Gasteiger partial charge is 0.399 e. The Labute approximate surface area is 119 Å². The Bertz CT molecular complexity index is 702. The fraction of sp³-hybridized carbons (Fsp3) is 0.111. The van der Waals surface area contributed by atoms with Crippen LogP contribution < -0.4 is 11.1 Å². The maximum Gasteiger partial charge on any atom is 0.0314 e. The Morgan fingerprint density at radius 3 is 2.15 bits per heavy atom. The van der Waals surface area contributed by atoms with Crippen molar-refractivity contribution in [3.63, 3.8) is 0 Å². The van der Waals surface area contributed by atoms with E-state index in [0.29, 0.717) is 0 Å². The molecule has 0 unspecified atom stereocenters. The summed E-state index contributed by atoms with van der Waals surface area (Å²) in [7, 11) is 0. The number of hydrogen-bond donors (Lipinski definition) is 2. The van der Waals surface area contributed by atoms with E-state index >= 15 is 0 Å². The summed E-state index contributed by atoms with van der Waals surface area (Å²) in [6, 6.07) is 23.0. The van der Waals surface area contributed by atoms with Crippen LogP contribution in [0, 0.1) is 0 Å². The third-order valence-electron chi connectivity index (χ3n) is 3.45. The third-order valence-corrected chi connectivity index (χ3v) is 3.45. The Kier molecular flexibility index (Phi) is 3.66. The highest BCUT2D eigenvalue weighted by Gasteiger charge is 1.97. The smallest absolute Gasteiger partial charge is 0.0314 e.